The summed E-state index contributed by atoms with van der Waals surface area (Å²) >= 11 is 0. The van der Waals surface area contributed by atoms with Gasteiger partial charge in [0, 0.05) is 28.5 Å². The molecule has 0 spiro atoms. The molecule has 1 unspecified atom stereocenters. The summed E-state index contributed by atoms with van der Waals surface area (Å²) in [5.74, 6) is -0.620. The number of aryl methyl sites for hydroxylation is 1. The number of amides is 1. The van der Waals surface area contributed by atoms with Crippen LogP contribution in [0, 0.1) is 6.92 Å². The summed E-state index contributed by atoms with van der Waals surface area (Å²) in [5.41, 5.74) is 2.86. The molecule has 5 nitrogen and oxygen atoms in total. The standard InChI is InChI=1S/C18H19NO4S/c1-13-6-8-16(9-7-13)19-17(20)11-23-18(21)15-5-3-4-14(10-15)12-24(2)22/h3-10H,11-12H2,1-2H3,(H,19,20). The molecule has 1 N–H and O–H groups in total. The Labute approximate surface area is 143 Å². The minimum Gasteiger partial charge on any atom is -0.452 e. The third-order valence-corrected chi connectivity index (χ3v) is 3.94. The van der Waals surface area contributed by atoms with Crippen LogP contribution in [0.3, 0.4) is 0 Å². The molecule has 6 heteroatoms. The largest absolute Gasteiger partial charge is 0.452 e. The Balaban J connectivity index is 1.89. The van der Waals surface area contributed by atoms with Crippen molar-refractivity contribution >= 4 is 28.4 Å². The molecule has 0 heterocycles. The lowest BCUT2D eigenvalue weighted by Crippen LogP contribution is -2.21. The Kier molecular flexibility index (Phi) is 6.26. The number of hydrogen-bond donors (Lipinski definition) is 1. The van der Waals surface area contributed by atoms with Gasteiger partial charge in [0.05, 0.1) is 5.56 Å². The van der Waals surface area contributed by atoms with Crippen LogP contribution in [0.1, 0.15) is 21.5 Å². The molecule has 0 bridgehead atoms. The minimum atomic E-state index is -0.990. The van der Waals surface area contributed by atoms with Crippen LogP contribution in [0.4, 0.5) is 5.69 Å². The van der Waals surface area contributed by atoms with Crippen LogP contribution in [-0.2, 0) is 26.1 Å². The summed E-state index contributed by atoms with van der Waals surface area (Å²) in [6.07, 6.45) is 1.60. The summed E-state index contributed by atoms with van der Waals surface area (Å²) in [5, 5.41) is 2.66. The Morgan fingerprint density at radius 3 is 2.50 bits per heavy atom. The minimum absolute atomic E-state index is 0.334. The van der Waals surface area contributed by atoms with Crippen LogP contribution in [-0.4, -0.2) is 28.9 Å². The summed E-state index contributed by atoms with van der Waals surface area (Å²) in [6, 6.07) is 14.0. The molecule has 0 aliphatic heterocycles. The van der Waals surface area contributed by atoms with Crippen molar-refractivity contribution < 1.29 is 18.5 Å². The van der Waals surface area contributed by atoms with Crippen molar-refractivity contribution in [2.45, 2.75) is 12.7 Å². The Hall–Kier alpha value is -2.47. The van der Waals surface area contributed by atoms with Gasteiger partial charge in [-0.2, -0.15) is 0 Å². The van der Waals surface area contributed by atoms with Gasteiger partial charge in [-0.15, -0.1) is 0 Å². The van der Waals surface area contributed by atoms with E-state index >= 15 is 0 Å². The third-order valence-electron chi connectivity index (χ3n) is 3.20. The van der Waals surface area contributed by atoms with Crippen molar-refractivity contribution in [1.82, 2.24) is 0 Å². The molecule has 126 valence electrons. The van der Waals surface area contributed by atoms with E-state index in [9.17, 15) is 13.8 Å². The predicted octanol–water partition coefficient (Wildman–Crippen LogP) is 2.67. The van der Waals surface area contributed by atoms with Gasteiger partial charge in [-0.25, -0.2) is 4.79 Å². The van der Waals surface area contributed by atoms with Crippen LogP contribution in [0.2, 0.25) is 0 Å². The maximum Gasteiger partial charge on any atom is 0.338 e. The second kappa shape index (κ2) is 8.40. The lowest BCUT2D eigenvalue weighted by atomic mass is 10.1. The molecule has 0 saturated heterocycles. The van der Waals surface area contributed by atoms with Crippen LogP contribution in [0.5, 0.6) is 0 Å². The van der Waals surface area contributed by atoms with E-state index in [0.717, 1.165) is 11.1 Å². The van der Waals surface area contributed by atoms with Crippen LogP contribution in [0.25, 0.3) is 0 Å². The highest BCUT2D eigenvalue weighted by atomic mass is 32.2. The highest BCUT2D eigenvalue weighted by Gasteiger charge is 2.11. The molecular weight excluding hydrogens is 326 g/mol. The second-order valence-electron chi connectivity index (χ2n) is 5.41. The third kappa shape index (κ3) is 5.62. The van der Waals surface area contributed by atoms with Crippen molar-refractivity contribution in [3.63, 3.8) is 0 Å². The van der Waals surface area contributed by atoms with Crippen LogP contribution >= 0.6 is 0 Å². The summed E-state index contributed by atoms with van der Waals surface area (Å²) in [7, 11) is -0.990. The molecule has 1 amide bonds. The number of rotatable bonds is 6. The maximum atomic E-state index is 12.0. The predicted molar refractivity (Wildman–Crippen MR) is 94.3 cm³/mol. The number of carbonyl (C=O) groups excluding carboxylic acids is 2. The van der Waals surface area contributed by atoms with Crippen LogP contribution < -0.4 is 5.32 Å². The molecule has 0 fully saturated rings. The number of ether oxygens (including phenoxy) is 1. The van der Waals surface area contributed by atoms with Crippen molar-refractivity contribution in [1.29, 1.82) is 0 Å². The first-order chi connectivity index (χ1) is 11.4. The summed E-state index contributed by atoms with van der Waals surface area (Å²) in [4.78, 5) is 23.8. The van der Waals surface area contributed by atoms with E-state index in [2.05, 4.69) is 5.32 Å². The maximum absolute atomic E-state index is 12.0. The molecule has 24 heavy (non-hydrogen) atoms. The molecule has 0 saturated carbocycles. The Morgan fingerprint density at radius 2 is 1.83 bits per heavy atom. The molecule has 2 aromatic carbocycles. The molecule has 0 radical (unpaired) electrons. The highest BCUT2D eigenvalue weighted by molar-refractivity contribution is 7.83. The number of esters is 1. The van der Waals surface area contributed by atoms with E-state index in [1.54, 1.807) is 42.7 Å². The van der Waals surface area contributed by atoms with E-state index in [1.165, 1.54) is 0 Å². The van der Waals surface area contributed by atoms with Gasteiger partial charge in [0.15, 0.2) is 6.61 Å². The fourth-order valence-electron chi connectivity index (χ4n) is 2.07. The first kappa shape index (κ1) is 17.9. The first-order valence-corrected chi connectivity index (χ1v) is 9.09. The average molecular weight is 345 g/mol. The molecule has 1 atom stereocenters. The van der Waals surface area contributed by atoms with Crippen molar-refractivity contribution in [2.75, 3.05) is 18.2 Å². The van der Waals surface area contributed by atoms with Gasteiger partial charge in [0.1, 0.15) is 0 Å². The van der Waals surface area contributed by atoms with Crippen molar-refractivity contribution in [2.24, 2.45) is 0 Å². The van der Waals surface area contributed by atoms with E-state index in [1.807, 2.05) is 19.1 Å². The molecule has 0 aliphatic rings. The fraction of sp³-hybridized carbons (Fsp3) is 0.222. The second-order valence-corrected chi connectivity index (χ2v) is 6.84. The highest BCUT2D eigenvalue weighted by Crippen LogP contribution is 2.10. The molecule has 2 aromatic rings. The molecule has 0 aromatic heterocycles. The first-order valence-electron chi connectivity index (χ1n) is 7.36. The van der Waals surface area contributed by atoms with Crippen molar-refractivity contribution in [3.05, 3.63) is 65.2 Å². The number of nitrogens with one attached hydrogen (secondary N) is 1. The Bertz CT molecular complexity index is 756. The number of anilines is 1. The lowest BCUT2D eigenvalue weighted by molar-refractivity contribution is -0.119. The van der Waals surface area contributed by atoms with Crippen molar-refractivity contribution in [3.8, 4) is 0 Å². The summed E-state index contributed by atoms with van der Waals surface area (Å²) < 4.78 is 16.3. The van der Waals surface area contributed by atoms with Gasteiger partial charge in [-0.3, -0.25) is 9.00 Å². The van der Waals surface area contributed by atoms with E-state index in [4.69, 9.17) is 4.74 Å². The normalized spacial score (nSPS) is 11.6. The molecule has 2 rings (SSSR count). The lowest BCUT2D eigenvalue weighted by Gasteiger charge is -2.07. The zero-order valence-corrected chi connectivity index (χ0v) is 14.4. The van der Waals surface area contributed by atoms with Gasteiger partial charge in [-0.05, 0) is 36.8 Å². The number of carbonyl (C=O) groups is 2. The monoisotopic (exact) mass is 345 g/mol. The molecule has 0 aliphatic carbocycles. The smallest absolute Gasteiger partial charge is 0.338 e. The van der Waals surface area contributed by atoms with Crippen LogP contribution in [0.15, 0.2) is 48.5 Å². The molecular formula is C18H19NO4S. The van der Waals surface area contributed by atoms with Gasteiger partial charge >= 0.3 is 5.97 Å². The fourth-order valence-corrected chi connectivity index (χ4v) is 2.72. The number of hydrogen-bond acceptors (Lipinski definition) is 4. The summed E-state index contributed by atoms with van der Waals surface area (Å²) in [6.45, 7) is 1.59. The average Bonchev–Trinajstić information content (AvgIpc) is 2.54. The van der Waals surface area contributed by atoms with E-state index in [0.29, 0.717) is 17.0 Å². The number of benzene rings is 2. The van der Waals surface area contributed by atoms with Gasteiger partial charge in [-0.1, -0.05) is 29.8 Å². The zero-order valence-electron chi connectivity index (χ0n) is 13.6. The zero-order chi connectivity index (χ0) is 17.5. The van der Waals surface area contributed by atoms with E-state index < -0.39 is 22.7 Å². The van der Waals surface area contributed by atoms with Gasteiger partial charge in [0.25, 0.3) is 5.91 Å². The SMILES string of the molecule is Cc1ccc(NC(=O)COC(=O)c2cccc(CS(C)=O)c2)cc1. The topological polar surface area (TPSA) is 72.5 Å². The van der Waals surface area contributed by atoms with Gasteiger partial charge < -0.3 is 10.1 Å². The quantitative estimate of drug-likeness (QED) is 0.817. The van der Waals surface area contributed by atoms with E-state index in [-0.39, 0.29) is 6.61 Å². The Morgan fingerprint density at radius 1 is 1.12 bits per heavy atom. The van der Waals surface area contributed by atoms with Gasteiger partial charge in [0.2, 0.25) is 0 Å².